The number of aryl methyl sites for hydroxylation is 1. The number of ether oxygens (including phenoxy) is 1. The second-order valence-corrected chi connectivity index (χ2v) is 8.02. The highest BCUT2D eigenvalue weighted by molar-refractivity contribution is 7.89. The molecule has 3 rings (SSSR count). The second kappa shape index (κ2) is 6.74. The van der Waals surface area contributed by atoms with Crippen LogP contribution < -0.4 is 9.46 Å². The first-order chi connectivity index (χ1) is 11.8. The number of halogens is 1. The van der Waals surface area contributed by atoms with E-state index in [0.29, 0.717) is 19.3 Å². The second-order valence-electron chi connectivity index (χ2n) is 6.29. The van der Waals surface area contributed by atoms with Gasteiger partial charge >= 0.3 is 0 Å². The lowest BCUT2D eigenvalue weighted by Gasteiger charge is -2.33. The van der Waals surface area contributed by atoms with Crippen LogP contribution in [0.25, 0.3) is 0 Å². The first-order valence-electron chi connectivity index (χ1n) is 7.95. The van der Waals surface area contributed by atoms with Gasteiger partial charge in [0.05, 0.1) is 12.7 Å². The van der Waals surface area contributed by atoms with E-state index in [-0.39, 0.29) is 17.2 Å². The van der Waals surface area contributed by atoms with Crippen molar-refractivity contribution in [1.29, 1.82) is 0 Å². The molecule has 0 aliphatic heterocycles. The van der Waals surface area contributed by atoms with Crippen LogP contribution in [0.3, 0.4) is 0 Å². The number of aliphatic hydroxyl groups is 1. The van der Waals surface area contributed by atoms with Crippen molar-refractivity contribution >= 4 is 10.0 Å². The Morgan fingerprint density at radius 1 is 1.24 bits per heavy atom. The smallest absolute Gasteiger partial charge is 0.244 e. The molecule has 5 nitrogen and oxygen atoms in total. The first-order valence-corrected chi connectivity index (χ1v) is 9.44. The lowest BCUT2D eigenvalue weighted by atomic mass is 9.80. The van der Waals surface area contributed by atoms with Gasteiger partial charge in [0.15, 0.2) is 0 Å². The molecule has 7 heteroatoms. The summed E-state index contributed by atoms with van der Waals surface area (Å²) in [6.45, 7) is -0.149. The predicted molar refractivity (Wildman–Crippen MR) is 91.6 cm³/mol. The van der Waals surface area contributed by atoms with Crippen molar-refractivity contribution in [2.75, 3.05) is 13.7 Å². The van der Waals surface area contributed by atoms with E-state index in [9.17, 15) is 17.9 Å². The zero-order valence-electron chi connectivity index (χ0n) is 13.8. The molecule has 25 heavy (non-hydrogen) atoms. The molecule has 0 saturated heterocycles. The SMILES string of the molecule is COc1ccc(F)cc1S(=O)(=O)NCC1(O)CCc2ccccc2C1. The summed E-state index contributed by atoms with van der Waals surface area (Å²) in [6.07, 6.45) is 1.50. The van der Waals surface area contributed by atoms with Gasteiger partial charge in [-0.1, -0.05) is 24.3 Å². The van der Waals surface area contributed by atoms with Crippen LogP contribution in [0.4, 0.5) is 4.39 Å². The van der Waals surface area contributed by atoms with Gasteiger partial charge in [0.2, 0.25) is 10.0 Å². The summed E-state index contributed by atoms with van der Waals surface area (Å²) in [5.74, 6) is -0.624. The molecule has 0 fully saturated rings. The Morgan fingerprint density at radius 2 is 1.96 bits per heavy atom. The number of nitrogens with one attached hydrogen (secondary N) is 1. The van der Waals surface area contributed by atoms with Crippen LogP contribution in [0.15, 0.2) is 47.4 Å². The van der Waals surface area contributed by atoms with Crippen LogP contribution in [0.2, 0.25) is 0 Å². The molecular weight excluding hydrogens is 345 g/mol. The third-order valence-corrected chi connectivity index (χ3v) is 5.93. The number of hydrogen-bond donors (Lipinski definition) is 2. The Kier molecular flexibility index (Phi) is 4.81. The van der Waals surface area contributed by atoms with Gasteiger partial charge in [-0.2, -0.15) is 0 Å². The number of methoxy groups -OCH3 is 1. The van der Waals surface area contributed by atoms with Gasteiger partial charge < -0.3 is 9.84 Å². The fourth-order valence-corrected chi connectivity index (χ4v) is 4.40. The molecular formula is C18H20FNO4S. The van der Waals surface area contributed by atoms with Crippen molar-refractivity contribution < 1.29 is 22.7 Å². The molecule has 2 aromatic rings. The molecule has 1 aliphatic rings. The van der Waals surface area contributed by atoms with Crippen LogP contribution in [0, 0.1) is 5.82 Å². The van der Waals surface area contributed by atoms with Gasteiger partial charge in [-0.3, -0.25) is 0 Å². The predicted octanol–water partition coefficient (Wildman–Crippen LogP) is 2.03. The third kappa shape index (κ3) is 3.84. The van der Waals surface area contributed by atoms with E-state index in [1.165, 1.54) is 18.7 Å². The highest BCUT2D eigenvalue weighted by atomic mass is 32.2. The lowest BCUT2D eigenvalue weighted by Crippen LogP contribution is -2.46. The fraction of sp³-hybridized carbons (Fsp3) is 0.333. The summed E-state index contributed by atoms with van der Waals surface area (Å²) in [4.78, 5) is -0.283. The molecule has 0 aromatic heterocycles. The topological polar surface area (TPSA) is 75.6 Å². The maximum absolute atomic E-state index is 13.5. The van der Waals surface area contributed by atoms with E-state index in [0.717, 1.165) is 17.7 Å². The molecule has 1 aliphatic carbocycles. The van der Waals surface area contributed by atoms with Crippen molar-refractivity contribution in [3.8, 4) is 5.75 Å². The van der Waals surface area contributed by atoms with Gasteiger partial charge in [0, 0.05) is 13.0 Å². The largest absolute Gasteiger partial charge is 0.495 e. The van der Waals surface area contributed by atoms with Gasteiger partial charge in [-0.25, -0.2) is 17.5 Å². The molecule has 2 aromatic carbocycles. The minimum Gasteiger partial charge on any atom is -0.495 e. The first kappa shape index (κ1) is 17.8. The van der Waals surface area contributed by atoms with Gasteiger partial charge in [-0.15, -0.1) is 0 Å². The van der Waals surface area contributed by atoms with E-state index in [1.807, 2.05) is 24.3 Å². The maximum atomic E-state index is 13.5. The van der Waals surface area contributed by atoms with Crippen molar-refractivity contribution in [2.24, 2.45) is 0 Å². The van der Waals surface area contributed by atoms with Crippen molar-refractivity contribution in [3.63, 3.8) is 0 Å². The number of hydrogen-bond acceptors (Lipinski definition) is 4. The Labute approximate surface area is 146 Å². The Balaban J connectivity index is 1.78. The zero-order chi connectivity index (χ0) is 18.1. The molecule has 0 saturated carbocycles. The van der Waals surface area contributed by atoms with Crippen LogP contribution in [0.1, 0.15) is 17.5 Å². The summed E-state index contributed by atoms with van der Waals surface area (Å²) in [6, 6.07) is 11.1. The lowest BCUT2D eigenvalue weighted by molar-refractivity contribution is 0.0317. The maximum Gasteiger partial charge on any atom is 0.244 e. The molecule has 2 N–H and O–H groups in total. The molecule has 1 unspecified atom stereocenters. The quantitative estimate of drug-likeness (QED) is 0.850. The van der Waals surface area contributed by atoms with Crippen LogP contribution >= 0.6 is 0 Å². The van der Waals surface area contributed by atoms with Crippen molar-refractivity contribution in [1.82, 2.24) is 4.72 Å². The number of sulfonamides is 1. The average Bonchev–Trinajstić information content (AvgIpc) is 2.60. The Bertz CT molecular complexity index is 884. The Hall–Kier alpha value is -1.96. The summed E-state index contributed by atoms with van der Waals surface area (Å²) < 4.78 is 45.9. The highest BCUT2D eigenvalue weighted by Crippen LogP contribution is 2.29. The summed E-state index contributed by atoms with van der Waals surface area (Å²) >= 11 is 0. The minimum absolute atomic E-state index is 0.0508. The normalized spacial score (nSPS) is 20.1. The minimum atomic E-state index is -4.02. The highest BCUT2D eigenvalue weighted by Gasteiger charge is 2.34. The van der Waals surface area contributed by atoms with Gasteiger partial charge in [-0.05, 0) is 42.2 Å². The van der Waals surface area contributed by atoms with Crippen molar-refractivity contribution in [3.05, 3.63) is 59.4 Å². The standard InChI is InChI=1S/C18H20FNO4S/c1-24-16-7-6-15(19)10-17(16)25(22,23)20-12-18(21)9-8-13-4-2-3-5-14(13)11-18/h2-7,10,20-21H,8-9,11-12H2,1H3. The van der Waals surface area contributed by atoms with E-state index in [1.54, 1.807) is 0 Å². The number of fused-ring (bicyclic) bond motifs is 1. The molecule has 134 valence electrons. The average molecular weight is 365 g/mol. The van der Waals surface area contributed by atoms with Crippen LogP contribution in [0.5, 0.6) is 5.75 Å². The summed E-state index contributed by atoms with van der Waals surface area (Å²) in [5.41, 5.74) is 1.00. The van der Waals surface area contributed by atoms with Gasteiger partial charge in [0.1, 0.15) is 16.5 Å². The summed E-state index contributed by atoms with van der Waals surface area (Å²) in [7, 11) is -2.70. The molecule has 0 spiro atoms. The molecule has 0 radical (unpaired) electrons. The Morgan fingerprint density at radius 3 is 2.68 bits per heavy atom. The van der Waals surface area contributed by atoms with Gasteiger partial charge in [0.25, 0.3) is 0 Å². The zero-order valence-corrected chi connectivity index (χ0v) is 14.6. The van der Waals surface area contributed by atoms with Crippen LogP contribution in [-0.4, -0.2) is 32.8 Å². The van der Waals surface area contributed by atoms with E-state index < -0.39 is 21.4 Å². The van der Waals surface area contributed by atoms with E-state index in [4.69, 9.17) is 4.74 Å². The van der Waals surface area contributed by atoms with E-state index >= 15 is 0 Å². The molecule has 0 amide bonds. The van der Waals surface area contributed by atoms with Crippen LogP contribution in [-0.2, 0) is 22.9 Å². The number of benzene rings is 2. The monoisotopic (exact) mass is 365 g/mol. The van der Waals surface area contributed by atoms with Crippen molar-refractivity contribution in [2.45, 2.75) is 29.8 Å². The third-order valence-electron chi connectivity index (χ3n) is 4.50. The molecule has 0 heterocycles. The summed E-state index contributed by atoms with van der Waals surface area (Å²) in [5, 5.41) is 10.8. The molecule has 1 atom stereocenters. The van der Waals surface area contributed by atoms with E-state index in [2.05, 4.69) is 4.72 Å². The molecule has 0 bridgehead atoms. The number of rotatable bonds is 5. The fourth-order valence-electron chi connectivity index (χ4n) is 3.10.